The van der Waals surface area contributed by atoms with Gasteiger partial charge < -0.3 is 20.4 Å². The van der Waals surface area contributed by atoms with Gasteiger partial charge in [-0.25, -0.2) is 9.97 Å². The van der Waals surface area contributed by atoms with Crippen molar-refractivity contribution in [3.63, 3.8) is 0 Å². The fourth-order valence-corrected chi connectivity index (χ4v) is 2.28. The number of nitrogens with zero attached hydrogens (tertiary/aromatic N) is 3. The molecule has 0 aliphatic carbocycles. The van der Waals surface area contributed by atoms with Gasteiger partial charge in [-0.3, -0.25) is 9.59 Å². The Hall–Kier alpha value is -3.13. The van der Waals surface area contributed by atoms with Gasteiger partial charge in [-0.15, -0.1) is 0 Å². The van der Waals surface area contributed by atoms with Crippen LogP contribution in [0.2, 0.25) is 5.02 Å². The minimum absolute atomic E-state index is 0.0883. The summed E-state index contributed by atoms with van der Waals surface area (Å²) in [5, 5.41) is 3.01. The third kappa shape index (κ3) is 3.24. The first-order valence-corrected chi connectivity index (χ1v) is 7.57. The molecule has 0 aromatic carbocycles. The molecule has 0 saturated heterocycles. The van der Waals surface area contributed by atoms with Crippen molar-refractivity contribution in [2.45, 2.75) is 0 Å². The number of amides is 2. The lowest BCUT2D eigenvalue weighted by molar-refractivity contribution is 0.0827. The zero-order chi connectivity index (χ0) is 18.1. The smallest absolute Gasteiger partial charge is 0.294 e. The lowest BCUT2D eigenvalue weighted by Crippen LogP contribution is -2.21. The van der Waals surface area contributed by atoms with Gasteiger partial charge >= 0.3 is 0 Å². The zero-order valence-corrected chi connectivity index (χ0v) is 14.2. The summed E-state index contributed by atoms with van der Waals surface area (Å²) in [6.07, 6.45) is 2.79. The first-order valence-electron chi connectivity index (χ1n) is 7.19. The molecule has 0 aliphatic rings. The summed E-state index contributed by atoms with van der Waals surface area (Å²) in [6.45, 7) is 0. The molecule has 0 fully saturated rings. The van der Waals surface area contributed by atoms with E-state index >= 15 is 0 Å². The van der Waals surface area contributed by atoms with Crippen LogP contribution in [0.1, 0.15) is 20.9 Å². The molecule has 2 amide bonds. The Labute approximate surface area is 147 Å². The number of nitrogens with two attached hydrogens (primary N) is 1. The van der Waals surface area contributed by atoms with Crippen LogP contribution < -0.4 is 11.1 Å². The van der Waals surface area contributed by atoms with E-state index in [-0.39, 0.29) is 22.9 Å². The standard InChI is InChI=1S/C16H14ClN5O3/c1-22(2)16(24)8-5-10-13(20-6-8)12(18)14(25-10)15(23)21-11-4-3-9(17)7-19-11/h3-7H,18H2,1-2H3,(H,19,21,23). The minimum atomic E-state index is -0.578. The number of halogens is 1. The van der Waals surface area contributed by atoms with E-state index in [1.165, 1.54) is 23.4 Å². The molecule has 3 aromatic heterocycles. The summed E-state index contributed by atoms with van der Waals surface area (Å²) in [6, 6.07) is 4.64. The Morgan fingerprint density at radius 1 is 1.24 bits per heavy atom. The highest BCUT2D eigenvalue weighted by Crippen LogP contribution is 2.28. The highest BCUT2D eigenvalue weighted by molar-refractivity contribution is 6.30. The van der Waals surface area contributed by atoms with Crippen molar-refractivity contribution in [3.8, 4) is 0 Å². The second kappa shape index (κ2) is 6.40. The number of furan rings is 1. The largest absolute Gasteiger partial charge is 0.447 e. The van der Waals surface area contributed by atoms with Crippen molar-refractivity contribution in [3.05, 3.63) is 46.9 Å². The van der Waals surface area contributed by atoms with Crippen molar-refractivity contribution in [2.75, 3.05) is 25.1 Å². The molecule has 0 bridgehead atoms. The van der Waals surface area contributed by atoms with Crippen LogP contribution in [0.5, 0.6) is 0 Å². The minimum Gasteiger partial charge on any atom is -0.447 e. The molecule has 0 atom stereocenters. The van der Waals surface area contributed by atoms with Crippen molar-refractivity contribution >= 4 is 46.0 Å². The zero-order valence-electron chi connectivity index (χ0n) is 13.4. The summed E-state index contributed by atoms with van der Waals surface area (Å²) in [4.78, 5) is 33.9. The van der Waals surface area contributed by atoms with Gasteiger partial charge in [-0.1, -0.05) is 11.6 Å². The Morgan fingerprint density at radius 2 is 2.00 bits per heavy atom. The quantitative estimate of drug-likeness (QED) is 0.742. The van der Waals surface area contributed by atoms with Crippen LogP contribution in [-0.4, -0.2) is 40.8 Å². The summed E-state index contributed by atoms with van der Waals surface area (Å²) in [5.41, 5.74) is 6.93. The number of anilines is 2. The number of nitrogens with one attached hydrogen (secondary N) is 1. The molecule has 0 saturated carbocycles. The topological polar surface area (TPSA) is 114 Å². The van der Waals surface area contributed by atoms with E-state index in [0.29, 0.717) is 21.9 Å². The summed E-state index contributed by atoms with van der Waals surface area (Å²) < 4.78 is 5.50. The average molecular weight is 360 g/mol. The maximum Gasteiger partial charge on any atom is 0.294 e. The Bertz CT molecular complexity index is 966. The number of nitrogen functional groups attached to an aromatic ring is 1. The molecule has 3 N–H and O–H groups in total. The molecule has 0 aliphatic heterocycles. The molecular formula is C16H14ClN5O3. The number of hydrogen-bond donors (Lipinski definition) is 2. The van der Waals surface area contributed by atoms with Gasteiger partial charge in [0.1, 0.15) is 17.0 Å². The number of pyridine rings is 2. The Kier molecular flexibility index (Phi) is 4.28. The maximum absolute atomic E-state index is 12.4. The molecular weight excluding hydrogens is 346 g/mol. The van der Waals surface area contributed by atoms with Crippen LogP contribution in [-0.2, 0) is 0 Å². The van der Waals surface area contributed by atoms with Crippen LogP contribution in [0.15, 0.2) is 35.0 Å². The molecule has 0 radical (unpaired) electrons. The number of aromatic nitrogens is 2. The predicted molar refractivity (Wildman–Crippen MR) is 93.6 cm³/mol. The second-order valence-electron chi connectivity index (χ2n) is 5.43. The Balaban J connectivity index is 1.93. The monoisotopic (exact) mass is 359 g/mol. The normalized spacial score (nSPS) is 10.7. The fraction of sp³-hybridized carbons (Fsp3) is 0.125. The van der Waals surface area contributed by atoms with E-state index in [1.807, 2.05) is 0 Å². The van der Waals surface area contributed by atoms with Gasteiger partial charge in [0.15, 0.2) is 5.58 Å². The van der Waals surface area contributed by atoms with Crippen molar-refractivity contribution < 1.29 is 14.0 Å². The van der Waals surface area contributed by atoms with Crippen LogP contribution in [0.4, 0.5) is 11.5 Å². The van der Waals surface area contributed by atoms with Crippen LogP contribution in [0, 0.1) is 0 Å². The third-order valence-corrected chi connectivity index (χ3v) is 3.62. The molecule has 0 unspecified atom stereocenters. The van der Waals surface area contributed by atoms with E-state index in [9.17, 15) is 9.59 Å². The molecule has 8 nitrogen and oxygen atoms in total. The third-order valence-electron chi connectivity index (χ3n) is 3.39. The fourth-order valence-electron chi connectivity index (χ4n) is 2.16. The van der Waals surface area contributed by atoms with Gasteiger partial charge in [0, 0.05) is 26.5 Å². The van der Waals surface area contributed by atoms with Gasteiger partial charge in [-0.05, 0) is 18.2 Å². The van der Waals surface area contributed by atoms with E-state index < -0.39 is 5.91 Å². The molecule has 128 valence electrons. The lowest BCUT2D eigenvalue weighted by atomic mass is 10.2. The number of carbonyl (C=O) groups excluding carboxylic acids is 2. The van der Waals surface area contributed by atoms with Gasteiger partial charge in [0.05, 0.1) is 10.6 Å². The molecule has 3 rings (SSSR count). The first-order chi connectivity index (χ1) is 11.9. The van der Waals surface area contributed by atoms with E-state index in [2.05, 4.69) is 15.3 Å². The molecule has 9 heteroatoms. The number of fused-ring (bicyclic) bond motifs is 1. The van der Waals surface area contributed by atoms with E-state index in [0.717, 1.165) is 0 Å². The first kappa shape index (κ1) is 16.7. The maximum atomic E-state index is 12.4. The van der Waals surface area contributed by atoms with Gasteiger partial charge in [0.25, 0.3) is 11.8 Å². The molecule has 3 heterocycles. The summed E-state index contributed by atoms with van der Waals surface area (Å²) in [7, 11) is 3.25. The highest BCUT2D eigenvalue weighted by atomic mass is 35.5. The predicted octanol–water partition coefficient (Wildman–Crippen LogP) is 2.41. The molecule has 0 spiro atoms. The van der Waals surface area contributed by atoms with E-state index in [1.54, 1.807) is 26.2 Å². The van der Waals surface area contributed by atoms with Crippen molar-refractivity contribution in [1.82, 2.24) is 14.9 Å². The second-order valence-corrected chi connectivity index (χ2v) is 5.87. The summed E-state index contributed by atoms with van der Waals surface area (Å²) in [5.74, 6) is -0.620. The number of rotatable bonds is 3. The highest BCUT2D eigenvalue weighted by Gasteiger charge is 2.21. The van der Waals surface area contributed by atoms with E-state index in [4.69, 9.17) is 21.8 Å². The Morgan fingerprint density at radius 3 is 2.64 bits per heavy atom. The number of carbonyl (C=O) groups is 2. The summed E-state index contributed by atoms with van der Waals surface area (Å²) >= 11 is 5.75. The molecule has 3 aromatic rings. The van der Waals surface area contributed by atoms with Crippen molar-refractivity contribution in [2.24, 2.45) is 0 Å². The number of hydrogen-bond acceptors (Lipinski definition) is 6. The van der Waals surface area contributed by atoms with Gasteiger partial charge in [0.2, 0.25) is 5.76 Å². The van der Waals surface area contributed by atoms with Crippen molar-refractivity contribution in [1.29, 1.82) is 0 Å². The van der Waals surface area contributed by atoms with Crippen LogP contribution in [0.3, 0.4) is 0 Å². The SMILES string of the molecule is CN(C)C(=O)c1cnc2c(N)c(C(=O)Nc3ccc(Cl)cn3)oc2c1. The van der Waals surface area contributed by atoms with Crippen LogP contribution in [0.25, 0.3) is 11.1 Å². The lowest BCUT2D eigenvalue weighted by Gasteiger charge is -2.09. The average Bonchev–Trinajstić information content (AvgIpc) is 2.92. The van der Waals surface area contributed by atoms with Crippen LogP contribution >= 0.6 is 11.6 Å². The molecule has 25 heavy (non-hydrogen) atoms. The van der Waals surface area contributed by atoms with Gasteiger partial charge in [-0.2, -0.15) is 0 Å².